The lowest BCUT2D eigenvalue weighted by molar-refractivity contribution is -0.122. The first kappa shape index (κ1) is 11.2. The molecule has 0 amide bonds. The minimum atomic E-state index is 0.200. The van der Waals surface area contributed by atoms with Gasteiger partial charge < -0.3 is 9.51 Å². The molecular formula is C13H15N3O2. The number of nitrogens with zero attached hydrogens (tertiary/aromatic N) is 2. The number of hydrogen-bond acceptors (Lipinski definition) is 4. The van der Waals surface area contributed by atoms with Crippen LogP contribution in [0.1, 0.15) is 31.6 Å². The zero-order chi connectivity index (χ0) is 12.4. The van der Waals surface area contributed by atoms with Crippen LogP contribution in [0.2, 0.25) is 0 Å². The molecule has 3 rings (SSSR count). The molecule has 0 bridgehead atoms. The molecule has 2 aromatic rings. The second-order valence-electron chi connectivity index (χ2n) is 4.72. The Balaban J connectivity index is 1.68. The number of aromatic nitrogens is 3. The predicted molar refractivity (Wildman–Crippen MR) is 64.8 cm³/mol. The molecule has 1 saturated carbocycles. The number of carbonyl (C=O) groups is 1. The van der Waals surface area contributed by atoms with Crippen molar-refractivity contribution in [1.29, 1.82) is 0 Å². The number of ketones is 1. The van der Waals surface area contributed by atoms with Crippen molar-refractivity contribution in [1.82, 2.24) is 15.1 Å². The van der Waals surface area contributed by atoms with Crippen LogP contribution in [-0.2, 0) is 11.2 Å². The Labute approximate surface area is 105 Å². The third kappa shape index (κ3) is 2.20. The molecule has 0 radical (unpaired) electrons. The van der Waals surface area contributed by atoms with Crippen molar-refractivity contribution >= 4 is 5.78 Å². The number of rotatable bonds is 4. The van der Waals surface area contributed by atoms with Crippen LogP contribution in [0.5, 0.6) is 0 Å². The molecule has 1 aliphatic rings. The van der Waals surface area contributed by atoms with E-state index in [4.69, 9.17) is 4.52 Å². The van der Waals surface area contributed by atoms with Crippen LogP contribution in [0.25, 0.3) is 11.5 Å². The smallest absolute Gasteiger partial charge is 0.234 e. The van der Waals surface area contributed by atoms with Gasteiger partial charge in [0.1, 0.15) is 5.78 Å². The average Bonchev–Trinajstić information content (AvgIpc) is 3.12. The number of aromatic amines is 1. The van der Waals surface area contributed by atoms with E-state index in [2.05, 4.69) is 15.1 Å². The molecule has 5 heteroatoms. The summed E-state index contributed by atoms with van der Waals surface area (Å²) in [5.41, 5.74) is 0.804. The summed E-state index contributed by atoms with van der Waals surface area (Å²) in [6.07, 6.45) is 6.41. The standard InChI is InChI=1S/C13H15N3O2/c17-11(9-4-1-2-5-9)8-12-15-13(16-18-12)10-6-3-7-14-10/h3,6-7,9,14H,1-2,4-5,8H2. The van der Waals surface area contributed by atoms with Crippen LogP contribution in [0.15, 0.2) is 22.9 Å². The molecule has 0 saturated heterocycles. The van der Waals surface area contributed by atoms with Crippen LogP contribution < -0.4 is 0 Å². The van der Waals surface area contributed by atoms with E-state index >= 15 is 0 Å². The maximum Gasteiger partial charge on any atom is 0.234 e. The Bertz CT molecular complexity index is 524. The third-order valence-electron chi connectivity index (χ3n) is 3.44. The fraction of sp³-hybridized carbons (Fsp3) is 0.462. The highest BCUT2D eigenvalue weighted by Gasteiger charge is 2.24. The van der Waals surface area contributed by atoms with Crippen molar-refractivity contribution in [2.75, 3.05) is 0 Å². The second-order valence-corrected chi connectivity index (χ2v) is 4.72. The van der Waals surface area contributed by atoms with Gasteiger partial charge in [-0.1, -0.05) is 18.0 Å². The van der Waals surface area contributed by atoms with Crippen molar-refractivity contribution < 1.29 is 9.32 Å². The maximum absolute atomic E-state index is 12.0. The Morgan fingerprint density at radius 2 is 2.28 bits per heavy atom. The summed E-state index contributed by atoms with van der Waals surface area (Å²) in [4.78, 5) is 19.2. The second kappa shape index (κ2) is 4.76. The molecular weight excluding hydrogens is 230 g/mol. The van der Waals surface area contributed by atoms with Gasteiger partial charge in [-0.3, -0.25) is 4.79 Å². The van der Waals surface area contributed by atoms with Gasteiger partial charge in [-0.05, 0) is 25.0 Å². The molecule has 1 fully saturated rings. The van der Waals surface area contributed by atoms with Crippen LogP contribution >= 0.6 is 0 Å². The van der Waals surface area contributed by atoms with Gasteiger partial charge in [0, 0.05) is 12.1 Å². The molecule has 2 aromatic heterocycles. The number of carbonyl (C=O) groups excluding carboxylic acids is 1. The number of hydrogen-bond donors (Lipinski definition) is 1. The van der Waals surface area contributed by atoms with E-state index in [1.807, 2.05) is 12.1 Å². The first-order chi connectivity index (χ1) is 8.83. The summed E-state index contributed by atoms with van der Waals surface area (Å²) < 4.78 is 5.12. The minimum Gasteiger partial charge on any atom is -0.359 e. The summed E-state index contributed by atoms with van der Waals surface area (Å²) in [6, 6.07) is 3.74. The van der Waals surface area contributed by atoms with Gasteiger partial charge >= 0.3 is 0 Å². The summed E-state index contributed by atoms with van der Waals surface area (Å²) in [6.45, 7) is 0. The molecule has 2 heterocycles. The SMILES string of the molecule is O=C(Cc1nc(-c2ccc[nH]2)no1)C1CCCC1. The van der Waals surface area contributed by atoms with Gasteiger partial charge in [0.15, 0.2) is 0 Å². The Morgan fingerprint density at radius 3 is 3.00 bits per heavy atom. The molecule has 0 spiro atoms. The zero-order valence-electron chi connectivity index (χ0n) is 10.1. The molecule has 0 aliphatic heterocycles. The molecule has 94 valence electrons. The first-order valence-electron chi connectivity index (χ1n) is 6.32. The van der Waals surface area contributed by atoms with E-state index in [-0.39, 0.29) is 18.1 Å². The van der Waals surface area contributed by atoms with Gasteiger partial charge in [-0.25, -0.2) is 0 Å². The van der Waals surface area contributed by atoms with Crippen molar-refractivity contribution in [2.24, 2.45) is 5.92 Å². The Morgan fingerprint density at radius 1 is 1.44 bits per heavy atom. The zero-order valence-corrected chi connectivity index (χ0v) is 10.1. The van der Waals surface area contributed by atoms with Crippen molar-refractivity contribution in [2.45, 2.75) is 32.1 Å². The number of H-pyrrole nitrogens is 1. The highest BCUT2D eigenvalue weighted by atomic mass is 16.5. The van der Waals surface area contributed by atoms with E-state index in [0.717, 1.165) is 31.4 Å². The fourth-order valence-electron chi connectivity index (χ4n) is 2.45. The van der Waals surface area contributed by atoms with E-state index in [1.54, 1.807) is 6.20 Å². The fourth-order valence-corrected chi connectivity index (χ4v) is 2.45. The van der Waals surface area contributed by atoms with E-state index in [1.165, 1.54) is 0 Å². The molecule has 5 nitrogen and oxygen atoms in total. The lowest BCUT2D eigenvalue weighted by Gasteiger charge is -2.04. The lowest BCUT2D eigenvalue weighted by atomic mass is 10.0. The lowest BCUT2D eigenvalue weighted by Crippen LogP contribution is -2.13. The van der Waals surface area contributed by atoms with Crippen molar-refractivity contribution in [3.05, 3.63) is 24.2 Å². The van der Waals surface area contributed by atoms with E-state index in [0.29, 0.717) is 11.7 Å². The van der Waals surface area contributed by atoms with Crippen molar-refractivity contribution in [3.63, 3.8) is 0 Å². The highest BCUT2D eigenvalue weighted by Crippen LogP contribution is 2.26. The first-order valence-corrected chi connectivity index (χ1v) is 6.32. The number of Topliss-reactive ketones (excluding diaryl/α,β-unsaturated/α-hetero) is 1. The molecule has 0 aromatic carbocycles. The van der Waals surface area contributed by atoms with Gasteiger partial charge in [-0.15, -0.1) is 0 Å². The molecule has 1 aliphatic carbocycles. The molecule has 0 unspecified atom stereocenters. The van der Waals surface area contributed by atoms with Crippen molar-refractivity contribution in [3.8, 4) is 11.5 Å². The van der Waals surface area contributed by atoms with Crippen LogP contribution in [0, 0.1) is 5.92 Å². The average molecular weight is 245 g/mol. The van der Waals surface area contributed by atoms with Gasteiger partial charge in [-0.2, -0.15) is 4.98 Å². The Kier molecular flexibility index (Phi) is 2.96. The molecule has 1 N–H and O–H groups in total. The van der Waals surface area contributed by atoms with Crippen LogP contribution in [0.3, 0.4) is 0 Å². The summed E-state index contributed by atoms with van der Waals surface area (Å²) in [5, 5.41) is 3.87. The van der Waals surface area contributed by atoms with E-state index < -0.39 is 0 Å². The van der Waals surface area contributed by atoms with E-state index in [9.17, 15) is 4.79 Å². The minimum absolute atomic E-state index is 0.200. The Hall–Kier alpha value is -1.91. The third-order valence-corrected chi connectivity index (χ3v) is 3.44. The topological polar surface area (TPSA) is 71.8 Å². The largest absolute Gasteiger partial charge is 0.359 e. The van der Waals surface area contributed by atoms with Crippen LogP contribution in [0.4, 0.5) is 0 Å². The number of nitrogens with one attached hydrogen (secondary N) is 1. The highest BCUT2D eigenvalue weighted by molar-refractivity contribution is 5.82. The normalized spacial score (nSPS) is 16.2. The summed E-state index contributed by atoms with van der Waals surface area (Å²) in [5.74, 6) is 1.35. The van der Waals surface area contributed by atoms with Gasteiger partial charge in [0.2, 0.25) is 11.7 Å². The maximum atomic E-state index is 12.0. The predicted octanol–water partition coefficient (Wildman–Crippen LogP) is 2.37. The summed E-state index contributed by atoms with van der Waals surface area (Å²) >= 11 is 0. The van der Waals surface area contributed by atoms with Gasteiger partial charge in [0.25, 0.3) is 0 Å². The molecule has 18 heavy (non-hydrogen) atoms. The van der Waals surface area contributed by atoms with Crippen LogP contribution in [-0.4, -0.2) is 20.9 Å². The summed E-state index contributed by atoms with van der Waals surface area (Å²) in [7, 11) is 0. The van der Waals surface area contributed by atoms with Gasteiger partial charge in [0.05, 0.1) is 12.1 Å². The molecule has 0 atom stereocenters. The monoisotopic (exact) mass is 245 g/mol. The quantitative estimate of drug-likeness (QED) is 0.897.